The van der Waals surface area contributed by atoms with Gasteiger partial charge in [-0.2, -0.15) is 0 Å². The molecule has 0 radical (unpaired) electrons. The molecule has 0 aromatic rings. The third kappa shape index (κ3) is 5.85. The van der Waals surface area contributed by atoms with Gasteiger partial charge < -0.3 is 35.6 Å². The van der Waals surface area contributed by atoms with Crippen LogP contribution in [0.2, 0.25) is 0 Å². The number of carboxylic acid groups (broad SMARTS) is 1. The maximum atomic E-state index is 11.2. The minimum absolute atomic E-state index is 0.442. The van der Waals surface area contributed by atoms with Crippen molar-refractivity contribution in [3.05, 3.63) is 0 Å². The maximum absolute atomic E-state index is 11.2. The molecule has 0 spiro atoms. The molecule has 0 aliphatic heterocycles. The van der Waals surface area contributed by atoms with Gasteiger partial charge in [-0.15, -0.1) is 0 Å². The molecule has 1 amide bonds. The normalized spacial score (nSPS) is 21.1. The number of nitrogens with one attached hydrogen (secondary N) is 1. The molecule has 0 fully saturated rings. The molecule has 130 valence electrons. The SMILES string of the molecule is CC(=O)NC(C(C)O)C(OC(C)(O)C(=O)O)C(O)C(C)CO. The Morgan fingerprint density at radius 2 is 1.77 bits per heavy atom. The topological polar surface area (TPSA) is 157 Å². The van der Waals surface area contributed by atoms with Crippen LogP contribution in [0, 0.1) is 5.92 Å². The highest BCUT2D eigenvalue weighted by molar-refractivity contribution is 5.75. The molecule has 0 heterocycles. The van der Waals surface area contributed by atoms with Crippen molar-refractivity contribution in [1.29, 1.82) is 0 Å². The molecule has 0 saturated heterocycles. The molecule has 0 aromatic carbocycles. The van der Waals surface area contributed by atoms with Crippen molar-refractivity contribution in [2.45, 2.75) is 57.8 Å². The lowest BCUT2D eigenvalue weighted by molar-refractivity contribution is -0.254. The Morgan fingerprint density at radius 1 is 1.27 bits per heavy atom. The molecular weight excluding hydrogens is 298 g/mol. The summed E-state index contributed by atoms with van der Waals surface area (Å²) in [7, 11) is 0. The molecule has 6 unspecified atom stereocenters. The van der Waals surface area contributed by atoms with Crippen LogP contribution in [0.15, 0.2) is 0 Å². The Bertz CT molecular complexity index is 384. The van der Waals surface area contributed by atoms with E-state index in [1.54, 1.807) is 0 Å². The van der Waals surface area contributed by atoms with Crippen LogP contribution in [0.1, 0.15) is 27.7 Å². The van der Waals surface area contributed by atoms with Crippen LogP contribution in [-0.2, 0) is 14.3 Å². The van der Waals surface area contributed by atoms with Crippen LogP contribution in [0.4, 0.5) is 0 Å². The number of aliphatic hydroxyl groups is 4. The third-order valence-electron chi connectivity index (χ3n) is 3.21. The van der Waals surface area contributed by atoms with Crippen molar-refractivity contribution in [2.75, 3.05) is 6.61 Å². The van der Waals surface area contributed by atoms with Crippen LogP contribution in [0.5, 0.6) is 0 Å². The number of amides is 1. The quantitative estimate of drug-likeness (QED) is 0.267. The fourth-order valence-corrected chi connectivity index (χ4v) is 1.81. The van der Waals surface area contributed by atoms with E-state index >= 15 is 0 Å². The molecule has 6 atom stereocenters. The van der Waals surface area contributed by atoms with Crippen LogP contribution in [-0.4, -0.2) is 74.2 Å². The van der Waals surface area contributed by atoms with E-state index in [2.05, 4.69) is 5.32 Å². The summed E-state index contributed by atoms with van der Waals surface area (Å²) in [6.07, 6.45) is -4.11. The average Bonchev–Trinajstić information content (AvgIpc) is 2.40. The van der Waals surface area contributed by atoms with Gasteiger partial charge in [-0.25, -0.2) is 4.79 Å². The number of hydrogen-bond acceptors (Lipinski definition) is 7. The minimum Gasteiger partial charge on any atom is -0.477 e. The standard InChI is InChI=1S/C13H25NO8/c1-6(5-15)10(18)11(22-13(4,21)12(19)20)9(7(2)16)14-8(3)17/h6-7,9-11,15-16,18,21H,5H2,1-4H3,(H,14,17)(H,19,20). The van der Waals surface area contributed by atoms with E-state index < -0.39 is 54.5 Å². The van der Waals surface area contributed by atoms with Crippen LogP contribution < -0.4 is 5.32 Å². The van der Waals surface area contributed by atoms with E-state index in [4.69, 9.17) is 14.9 Å². The lowest BCUT2D eigenvalue weighted by Crippen LogP contribution is -2.59. The fourth-order valence-electron chi connectivity index (χ4n) is 1.81. The van der Waals surface area contributed by atoms with Gasteiger partial charge in [-0.3, -0.25) is 4.79 Å². The summed E-state index contributed by atoms with van der Waals surface area (Å²) in [5, 5.41) is 50.1. The van der Waals surface area contributed by atoms with E-state index in [-0.39, 0.29) is 0 Å². The van der Waals surface area contributed by atoms with E-state index in [0.29, 0.717) is 0 Å². The lowest BCUT2D eigenvalue weighted by atomic mass is 9.92. The molecular formula is C13H25NO8. The first-order chi connectivity index (χ1) is 9.93. The predicted molar refractivity (Wildman–Crippen MR) is 74.7 cm³/mol. The molecule has 0 aliphatic carbocycles. The zero-order valence-corrected chi connectivity index (χ0v) is 13.1. The Hall–Kier alpha value is -1.26. The number of aliphatic carboxylic acids is 1. The molecule has 9 nitrogen and oxygen atoms in total. The first kappa shape index (κ1) is 20.7. The largest absolute Gasteiger partial charge is 0.477 e. The third-order valence-corrected chi connectivity index (χ3v) is 3.21. The molecule has 0 saturated carbocycles. The van der Waals surface area contributed by atoms with Gasteiger partial charge >= 0.3 is 5.97 Å². The van der Waals surface area contributed by atoms with Crippen molar-refractivity contribution in [2.24, 2.45) is 5.92 Å². The Labute approximate surface area is 128 Å². The molecule has 9 heteroatoms. The molecule has 6 N–H and O–H groups in total. The zero-order chi connectivity index (χ0) is 17.7. The van der Waals surface area contributed by atoms with Crippen molar-refractivity contribution in [3.8, 4) is 0 Å². The lowest BCUT2D eigenvalue weighted by Gasteiger charge is -2.38. The summed E-state index contributed by atoms with van der Waals surface area (Å²) >= 11 is 0. The smallest absolute Gasteiger partial charge is 0.363 e. The fraction of sp³-hybridized carbons (Fsp3) is 0.846. The first-order valence-corrected chi connectivity index (χ1v) is 6.81. The highest BCUT2D eigenvalue weighted by Gasteiger charge is 2.43. The molecule has 0 aliphatic rings. The van der Waals surface area contributed by atoms with Crippen LogP contribution >= 0.6 is 0 Å². The Kier molecular flexibility index (Phi) is 7.91. The number of carbonyl (C=O) groups excluding carboxylic acids is 1. The average molecular weight is 323 g/mol. The van der Waals surface area contributed by atoms with Gasteiger partial charge in [0.05, 0.1) is 18.2 Å². The van der Waals surface area contributed by atoms with Gasteiger partial charge in [-0.05, 0) is 6.92 Å². The molecule has 0 bridgehead atoms. The van der Waals surface area contributed by atoms with Gasteiger partial charge in [0.1, 0.15) is 6.10 Å². The van der Waals surface area contributed by atoms with E-state index in [0.717, 1.165) is 6.92 Å². The molecule has 22 heavy (non-hydrogen) atoms. The number of ether oxygens (including phenoxy) is 1. The Balaban J connectivity index is 5.55. The van der Waals surface area contributed by atoms with Crippen LogP contribution in [0.25, 0.3) is 0 Å². The Morgan fingerprint density at radius 3 is 2.09 bits per heavy atom. The van der Waals surface area contributed by atoms with Crippen molar-refractivity contribution >= 4 is 11.9 Å². The number of hydrogen-bond donors (Lipinski definition) is 6. The summed E-state index contributed by atoms with van der Waals surface area (Å²) in [4.78, 5) is 22.2. The summed E-state index contributed by atoms with van der Waals surface area (Å²) in [5.74, 6) is -5.64. The van der Waals surface area contributed by atoms with Gasteiger partial charge in [0, 0.05) is 26.4 Å². The van der Waals surface area contributed by atoms with Gasteiger partial charge in [0.2, 0.25) is 5.91 Å². The van der Waals surface area contributed by atoms with Crippen molar-refractivity contribution in [1.82, 2.24) is 5.32 Å². The summed E-state index contributed by atoms with van der Waals surface area (Å²) in [6, 6.07) is -1.19. The van der Waals surface area contributed by atoms with E-state index in [1.165, 1.54) is 20.8 Å². The summed E-state index contributed by atoms with van der Waals surface area (Å²) in [6.45, 7) is 4.35. The second-order valence-electron chi connectivity index (χ2n) is 5.49. The van der Waals surface area contributed by atoms with E-state index in [1.807, 2.05) is 0 Å². The number of aliphatic hydroxyl groups excluding tert-OH is 3. The number of rotatable bonds is 9. The molecule has 0 aromatic heterocycles. The van der Waals surface area contributed by atoms with E-state index in [9.17, 15) is 24.9 Å². The van der Waals surface area contributed by atoms with Crippen molar-refractivity contribution < 1.29 is 39.9 Å². The number of carbonyl (C=O) groups is 2. The van der Waals surface area contributed by atoms with Gasteiger partial charge in [0.15, 0.2) is 0 Å². The predicted octanol–water partition coefficient (Wildman–Crippen LogP) is -1.96. The summed E-state index contributed by atoms with van der Waals surface area (Å²) in [5.41, 5.74) is 0. The first-order valence-electron chi connectivity index (χ1n) is 6.81. The summed E-state index contributed by atoms with van der Waals surface area (Å²) < 4.78 is 5.03. The van der Waals surface area contributed by atoms with Gasteiger partial charge in [-0.1, -0.05) is 6.92 Å². The maximum Gasteiger partial charge on any atom is 0.363 e. The zero-order valence-electron chi connectivity index (χ0n) is 13.1. The number of carboxylic acids is 1. The van der Waals surface area contributed by atoms with Crippen molar-refractivity contribution in [3.63, 3.8) is 0 Å². The highest BCUT2D eigenvalue weighted by atomic mass is 16.7. The van der Waals surface area contributed by atoms with Gasteiger partial charge in [0.25, 0.3) is 5.79 Å². The van der Waals surface area contributed by atoms with Crippen LogP contribution in [0.3, 0.4) is 0 Å². The minimum atomic E-state index is -2.65. The second kappa shape index (κ2) is 8.39. The monoisotopic (exact) mass is 323 g/mol. The second-order valence-corrected chi connectivity index (χ2v) is 5.49. The highest BCUT2D eigenvalue weighted by Crippen LogP contribution is 2.21. The molecule has 0 rings (SSSR count).